The normalized spacial score (nSPS) is 18.0. The lowest BCUT2D eigenvalue weighted by molar-refractivity contribution is 0.0512. The van der Waals surface area contributed by atoms with Crippen LogP contribution in [0.3, 0.4) is 0 Å². The molecule has 0 aliphatic carbocycles. The van der Waals surface area contributed by atoms with Gasteiger partial charge in [-0.3, -0.25) is 4.79 Å². The number of H-pyrrole nitrogens is 1. The maximum absolute atomic E-state index is 12.9. The number of carbonyl (C=O) groups excluding carboxylic acids is 1. The van der Waals surface area contributed by atoms with Crippen LogP contribution in [0.4, 0.5) is 0 Å². The van der Waals surface area contributed by atoms with Crippen LogP contribution >= 0.6 is 0 Å². The molecule has 1 aliphatic heterocycles. The number of hydrogen-bond donors (Lipinski definition) is 1. The first-order valence-corrected chi connectivity index (χ1v) is 8.26. The van der Waals surface area contributed by atoms with Crippen molar-refractivity contribution in [2.45, 2.75) is 18.9 Å². The molecule has 1 saturated heterocycles. The van der Waals surface area contributed by atoms with Crippen LogP contribution in [0.1, 0.15) is 23.2 Å². The van der Waals surface area contributed by atoms with E-state index in [0.29, 0.717) is 13.1 Å². The van der Waals surface area contributed by atoms with Gasteiger partial charge in [0.05, 0.1) is 6.10 Å². The van der Waals surface area contributed by atoms with E-state index in [-0.39, 0.29) is 12.0 Å². The molecule has 0 spiro atoms. The molecule has 0 saturated carbocycles. The third-order valence-electron chi connectivity index (χ3n) is 4.35. The molecule has 3 rings (SSSR count). The van der Waals surface area contributed by atoms with Crippen molar-refractivity contribution < 1.29 is 9.53 Å². The molecule has 5 heteroatoms. The number of ether oxygens (including phenoxy) is 1. The van der Waals surface area contributed by atoms with Crippen LogP contribution in [-0.2, 0) is 4.74 Å². The Hall–Kier alpha value is -1.85. The van der Waals surface area contributed by atoms with Gasteiger partial charge in [0.1, 0.15) is 0 Å². The molecule has 2 heterocycles. The zero-order valence-corrected chi connectivity index (χ0v) is 13.9. The number of aromatic amines is 1. The van der Waals surface area contributed by atoms with Crippen molar-refractivity contribution in [3.05, 3.63) is 36.0 Å². The highest BCUT2D eigenvalue weighted by Crippen LogP contribution is 2.18. The molecular weight excluding hydrogens is 290 g/mol. The summed E-state index contributed by atoms with van der Waals surface area (Å²) in [5.74, 6) is 0.0823. The van der Waals surface area contributed by atoms with E-state index < -0.39 is 0 Å². The van der Waals surface area contributed by atoms with Crippen molar-refractivity contribution in [2.24, 2.45) is 0 Å². The molecule has 23 heavy (non-hydrogen) atoms. The summed E-state index contributed by atoms with van der Waals surface area (Å²) in [6, 6.07) is 7.86. The van der Waals surface area contributed by atoms with Gasteiger partial charge < -0.3 is 19.5 Å². The summed E-state index contributed by atoms with van der Waals surface area (Å²) in [6.45, 7) is 3.06. The highest BCUT2D eigenvalue weighted by Gasteiger charge is 2.23. The van der Waals surface area contributed by atoms with Gasteiger partial charge in [-0.2, -0.15) is 0 Å². The third-order valence-corrected chi connectivity index (χ3v) is 4.35. The van der Waals surface area contributed by atoms with Crippen molar-refractivity contribution in [1.29, 1.82) is 0 Å². The molecule has 0 bridgehead atoms. The number of fused-ring (bicyclic) bond motifs is 1. The molecule has 2 aromatic rings. The second-order valence-electron chi connectivity index (χ2n) is 6.47. The van der Waals surface area contributed by atoms with Gasteiger partial charge in [-0.05, 0) is 50.5 Å². The summed E-state index contributed by atoms with van der Waals surface area (Å²) >= 11 is 0. The second kappa shape index (κ2) is 7.15. The first kappa shape index (κ1) is 16.0. The maximum Gasteiger partial charge on any atom is 0.254 e. The van der Waals surface area contributed by atoms with Crippen LogP contribution in [-0.4, -0.2) is 67.1 Å². The lowest BCUT2D eigenvalue weighted by atomic mass is 10.1. The van der Waals surface area contributed by atoms with Gasteiger partial charge in [0.15, 0.2) is 0 Å². The number of rotatable bonds is 6. The molecule has 1 N–H and O–H groups in total. The first-order valence-electron chi connectivity index (χ1n) is 8.26. The summed E-state index contributed by atoms with van der Waals surface area (Å²) in [5.41, 5.74) is 1.73. The van der Waals surface area contributed by atoms with Crippen LogP contribution in [0, 0.1) is 0 Å². The minimum Gasteiger partial charge on any atom is -0.376 e. The molecule has 1 aromatic carbocycles. The quantitative estimate of drug-likeness (QED) is 0.890. The van der Waals surface area contributed by atoms with Crippen LogP contribution < -0.4 is 0 Å². The van der Waals surface area contributed by atoms with Gasteiger partial charge in [0, 0.05) is 43.5 Å². The summed E-state index contributed by atoms with van der Waals surface area (Å²) in [6.07, 6.45) is 4.21. The third kappa shape index (κ3) is 3.92. The Kier molecular flexibility index (Phi) is 4.98. The smallest absolute Gasteiger partial charge is 0.254 e. The van der Waals surface area contributed by atoms with E-state index in [1.807, 2.05) is 49.5 Å². The minimum atomic E-state index is 0.0823. The van der Waals surface area contributed by atoms with E-state index in [1.165, 1.54) is 0 Å². The second-order valence-corrected chi connectivity index (χ2v) is 6.47. The first-order chi connectivity index (χ1) is 11.1. The predicted octanol–water partition coefficient (Wildman–Crippen LogP) is 2.35. The topological polar surface area (TPSA) is 48.6 Å². The van der Waals surface area contributed by atoms with Crippen molar-refractivity contribution in [1.82, 2.24) is 14.8 Å². The van der Waals surface area contributed by atoms with Crippen molar-refractivity contribution in [2.75, 3.05) is 40.3 Å². The van der Waals surface area contributed by atoms with Crippen molar-refractivity contribution >= 4 is 16.8 Å². The molecule has 1 aliphatic rings. The number of hydrogen-bond acceptors (Lipinski definition) is 3. The van der Waals surface area contributed by atoms with Gasteiger partial charge in [-0.15, -0.1) is 0 Å². The summed E-state index contributed by atoms with van der Waals surface area (Å²) in [7, 11) is 4.05. The molecule has 1 amide bonds. The highest BCUT2D eigenvalue weighted by molar-refractivity contribution is 5.98. The minimum absolute atomic E-state index is 0.0823. The fraction of sp³-hybridized carbons (Fsp3) is 0.500. The maximum atomic E-state index is 12.9. The number of nitrogens with one attached hydrogen (secondary N) is 1. The molecular formula is C18H25N3O2. The number of likely N-dealkylation sites (N-methyl/N-ethyl adjacent to an activating group) is 1. The Morgan fingerprint density at radius 2 is 2.17 bits per heavy atom. The average Bonchev–Trinajstić information content (AvgIpc) is 3.20. The SMILES string of the molecule is CN(C)CCN(C[C@@H]1CCCO1)C(=O)c1ccc2cc[nH]c2c1. The van der Waals surface area contributed by atoms with Crippen molar-refractivity contribution in [3.63, 3.8) is 0 Å². The zero-order valence-electron chi connectivity index (χ0n) is 13.9. The lowest BCUT2D eigenvalue weighted by Gasteiger charge is -2.27. The van der Waals surface area contributed by atoms with Gasteiger partial charge in [-0.1, -0.05) is 6.07 Å². The molecule has 5 nitrogen and oxygen atoms in total. The monoisotopic (exact) mass is 315 g/mol. The fourth-order valence-electron chi connectivity index (χ4n) is 2.99. The Labute approximate surface area is 137 Å². The number of amides is 1. The zero-order chi connectivity index (χ0) is 16.2. The molecule has 0 unspecified atom stereocenters. The Bertz CT molecular complexity index is 659. The fourth-order valence-corrected chi connectivity index (χ4v) is 2.99. The molecule has 0 radical (unpaired) electrons. The summed E-state index contributed by atoms with van der Waals surface area (Å²) < 4.78 is 5.72. The van der Waals surface area contributed by atoms with Crippen LogP contribution in [0.15, 0.2) is 30.5 Å². The van der Waals surface area contributed by atoms with E-state index in [1.54, 1.807) is 0 Å². The lowest BCUT2D eigenvalue weighted by Crippen LogP contribution is -2.41. The van der Waals surface area contributed by atoms with Gasteiger partial charge in [0.2, 0.25) is 0 Å². The number of carbonyl (C=O) groups is 1. The van der Waals surface area contributed by atoms with E-state index in [2.05, 4.69) is 9.88 Å². The van der Waals surface area contributed by atoms with Gasteiger partial charge in [0.25, 0.3) is 5.91 Å². The Morgan fingerprint density at radius 1 is 1.30 bits per heavy atom. The Morgan fingerprint density at radius 3 is 2.91 bits per heavy atom. The van der Waals surface area contributed by atoms with E-state index in [0.717, 1.165) is 42.5 Å². The van der Waals surface area contributed by atoms with Crippen LogP contribution in [0.2, 0.25) is 0 Å². The van der Waals surface area contributed by atoms with Crippen molar-refractivity contribution in [3.8, 4) is 0 Å². The standard InChI is InChI=1S/C18H25N3O2/c1-20(2)9-10-21(13-16-4-3-11-23-16)18(22)15-6-5-14-7-8-19-17(14)12-15/h5-8,12,16,19H,3-4,9-11,13H2,1-2H3/t16-/m0/s1. The van der Waals surface area contributed by atoms with E-state index >= 15 is 0 Å². The van der Waals surface area contributed by atoms with Gasteiger partial charge in [-0.25, -0.2) is 0 Å². The van der Waals surface area contributed by atoms with E-state index in [9.17, 15) is 4.79 Å². The van der Waals surface area contributed by atoms with Gasteiger partial charge >= 0.3 is 0 Å². The molecule has 1 fully saturated rings. The number of aromatic nitrogens is 1. The van der Waals surface area contributed by atoms with Crippen LogP contribution in [0.5, 0.6) is 0 Å². The molecule has 1 aromatic heterocycles. The molecule has 124 valence electrons. The Balaban J connectivity index is 1.76. The number of benzene rings is 1. The summed E-state index contributed by atoms with van der Waals surface area (Å²) in [5, 5.41) is 1.13. The molecule has 1 atom stereocenters. The number of nitrogens with zero attached hydrogens (tertiary/aromatic N) is 2. The average molecular weight is 315 g/mol. The summed E-state index contributed by atoms with van der Waals surface area (Å²) in [4.78, 5) is 20.2. The highest BCUT2D eigenvalue weighted by atomic mass is 16.5. The predicted molar refractivity (Wildman–Crippen MR) is 91.7 cm³/mol. The van der Waals surface area contributed by atoms with Crippen LogP contribution in [0.25, 0.3) is 10.9 Å². The van der Waals surface area contributed by atoms with E-state index in [4.69, 9.17) is 4.74 Å². The largest absolute Gasteiger partial charge is 0.376 e.